The highest BCUT2D eigenvalue weighted by Gasteiger charge is 2.52. The van der Waals surface area contributed by atoms with E-state index in [1.165, 1.54) is 17.0 Å². The van der Waals surface area contributed by atoms with Crippen LogP contribution in [0.4, 0.5) is 4.39 Å². The predicted octanol–water partition coefficient (Wildman–Crippen LogP) is 0.391. The summed E-state index contributed by atoms with van der Waals surface area (Å²) >= 11 is 0. The molecule has 0 radical (unpaired) electrons. The third-order valence-electron chi connectivity index (χ3n) is 5.19. The number of amides is 2. The number of halogens is 1. The number of nitrogens with zero attached hydrogens (tertiary/aromatic N) is 2. The molecule has 8 heteroatoms. The standard InChI is InChI=1S/C19H23FN2O5/c1-12(2)16(23)21-9-7-19(8-10-21)22(15(11-27-19)18(25)26)17(24)13-3-5-14(20)6-4-13/h3-6,12,15H,7-11H2,1-2H3,(H,25,26)/p-1/t15-/m0/s1. The highest BCUT2D eigenvalue weighted by Crippen LogP contribution is 2.38. The van der Waals surface area contributed by atoms with Gasteiger partial charge < -0.3 is 19.5 Å². The topological polar surface area (TPSA) is 90.0 Å². The van der Waals surface area contributed by atoms with Crippen molar-refractivity contribution in [2.24, 2.45) is 5.92 Å². The Balaban J connectivity index is 1.86. The van der Waals surface area contributed by atoms with Gasteiger partial charge in [-0.15, -0.1) is 0 Å². The molecule has 2 saturated heterocycles. The van der Waals surface area contributed by atoms with Gasteiger partial charge in [0, 0.05) is 37.4 Å². The van der Waals surface area contributed by atoms with Crippen molar-refractivity contribution in [2.75, 3.05) is 19.7 Å². The Morgan fingerprint density at radius 2 is 1.78 bits per heavy atom. The lowest BCUT2D eigenvalue weighted by atomic mass is 9.96. The van der Waals surface area contributed by atoms with Gasteiger partial charge in [0.1, 0.15) is 11.5 Å². The van der Waals surface area contributed by atoms with Crippen LogP contribution in [0.3, 0.4) is 0 Å². The number of carbonyl (C=O) groups is 3. The molecule has 2 heterocycles. The summed E-state index contributed by atoms with van der Waals surface area (Å²) in [6.45, 7) is 4.19. The molecule has 7 nitrogen and oxygen atoms in total. The quantitative estimate of drug-likeness (QED) is 0.760. The van der Waals surface area contributed by atoms with Gasteiger partial charge in [-0.05, 0) is 24.3 Å². The van der Waals surface area contributed by atoms with E-state index >= 15 is 0 Å². The lowest BCUT2D eigenvalue weighted by molar-refractivity contribution is -0.310. The minimum absolute atomic E-state index is 0.00992. The lowest BCUT2D eigenvalue weighted by Crippen LogP contribution is -2.60. The molecule has 0 bridgehead atoms. The normalized spacial score (nSPS) is 21.7. The molecule has 27 heavy (non-hydrogen) atoms. The van der Waals surface area contributed by atoms with Crippen molar-refractivity contribution in [2.45, 2.75) is 38.5 Å². The van der Waals surface area contributed by atoms with Crippen LogP contribution in [0.2, 0.25) is 0 Å². The predicted molar refractivity (Wildman–Crippen MR) is 90.7 cm³/mol. The Labute approximate surface area is 156 Å². The molecule has 1 aromatic carbocycles. The molecule has 2 amide bonds. The van der Waals surface area contributed by atoms with Crippen LogP contribution in [0.15, 0.2) is 24.3 Å². The fourth-order valence-electron chi connectivity index (χ4n) is 3.72. The van der Waals surface area contributed by atoms with Crippen molar-refractivity contribution >= 4 is 17.8 Å². The van der Waals surface area contributed by atoms with E-state index in [4.69, 9.17) is 4.74 Å². The second-order valence-corrected chi connectivity index (χ2v) is 7.25. The van der Waals surface area contributed by atoms with Crippen molar-refractivity contribution in [3.8, 4) is 0 Å². The van der Waals surface area contributed by atoms with Crippen molar-refractivity contribution in [3.63, 3.8) is 0 Å². The van der Waals surface area contributed by atoms with E-state index in [2.05, 4.69) is 0 Å². The average Bonchev–Trinajstić information content (AvgIpc) is 3.00. The summed E-state index contributed by atoms with van der Waals surface area (Å²) in [5.74, 6) is -2.57. The first kappa shape index (κ1) is 19.3. The van der Waals surface area contributed by atoms with Crippen LogP contribution < -0.4 is 5.11 Å². The van der Waals surface area contributed by atoms with E-state index in [0.717, 1.165) is 12.1 Å². The number of ether oxygens (including phenoxy) is 1. The molecule has 0 unspecified atom stereocenters. The third-order valence-corrected chi connectivity index (χ3v) is 5.19. The zero-order valence-electron chi connectivity index (χ0n) is 15.3. The van der Waals surface area contributed by atoms with Crippen molar-refractivity contribution in [1.29, 1.82) is 0 Å². The Morgan fingerprint density at radius 1 is 1.19 bits per heavy atom. The highest BCUT2D eigenvalue weighted by atomic mass is 19.1. The van der Waals surface area contributed by atoms with Gasteiger partial charge in [0.25, 0.3) is 5.91 Å². The van der Waals surface area contributed by atoms with Gasteiger partial charge in [-0.25, -0.2) is 4.39 Å². The number of aliphatic carboxylic acids is 1. The molecule has 2 fully saturated rings. The van der Waals surface area contributed by atoms with E-state index in [1.807, 2.05) is 13.8 Å². The number of likely N-dealkylation sites (tertiary alicyclic amines) is 1. The van der Waals surface area contributed by atoms with E-state index in [9.17, 15) is 23.9 Å². The Kier molecular flexibility index (Phi) is 5.19. The summed E-state index contributed by atoms with van der Waals surface area (Å²) in [5, 5.41) is 11.6. The van der Waals surface area contributed by atoms with Gasteiger partial charge in [-0.2, -0.15) is 0 Å². The van der Waals surface area contributed by atoms with Gasteiger partial charge in [-0.1, -0.05) is 13.8 Å². The number of carboxylic acids is 1. The summed E-state index contributed by atoms with van der Waals surface area (Å²) in [7, 11) is 0. The number of carboxylic acid groups (broad SMARTS) is 1. The van der Waals surface area contributed by atoms with Crippen LogP contribution in [0.25, 0.3) is 0 Å². The first-order valence-electron chi connectivity index (χ1n) is 8.98. The largest absolute Gasteiger partial charge is 0.548 e. The fourth-order valence-corrected chi connectivity index (χ4v) is 3.72. The van der Waals surface area contributed by atoms with Gasteiger partial charge in [0.05, 0.1) is 18.6 Å². The van der Waals surface area contributed by atoms with E-state index in [1.54, 1.807) is 4.90 Å². The summed E-state index contributed by atoms with van der Waals surface area (Å²) in [6, 6.07) is 3.69. The molecule has 0 aliphatic carbocycles. The zero-order valence-corrected chi connectivity index (χ0v) is 15.3. The average molecular weight is 377 g/mol. The first-order valence-corrected chi connectivity index (χ1v) is 8.98. The molecule has 0 aromatic heterocycles. The molecule has 1 spiro atoms. The minimum atomic E-state index is -1.40. The Bertz CT molecular complexity index is 741. The van der Waals surface area contributed by atoms with E-state index in [0.29, 0.717) is 25.9 Å². The van der Waals surface area contributed by atoms with Crippen LogP contribution in [0.1, 0.15) is 37.0 Å². The van der Waals surface area contributed by atoms with Gasteiger partial charge in [0.15, 0.2) is 0 Å². The smallest absolute Gasteiger partial charge is 0.256 e. The monoisotopic (exact) mass is 377 g/mol. The SMILES string of the molecule is CC(C)C(=O)N1CCC2(CC1)OC[C@@H](C(=O)[O-])N2C(=O)c1ccc(F)cc1. The lowest BCUT2D eigenvalue weighted by Gasteiger charge is -2.45. The van der Waals surface area contributed by atoms with Crippen LogP contribution in [0.5, 0.6) is 0 Å². The molecular weight excluding hydrogens is 355 g/mol. The molecule has 0 saturated carbocycles. The summed E-state index contributed by atoms with van der Waals surface area (Å²) in [4.78, 5) is 39.7. The molecule has 2 aliphatic rings. The van der Waals surface area contributed by atoms with Crippen LogP contribution in [0, 0.1) is 11.7 Å². The minimum Gasteiger partial charge on any atom is -0.548 e. The second-order valence-electron chi connectivity index (χ2n) is 7.25. The maximum atomic E-state index is 13.2. The van der Waals surface area contributed by atoms with Crippen LogP contribution >= 0.6 is 0 Å². The molecular formula is C19H22FN2O5-. The van der Waals surface area contributed by atoms with Crippen molar-refractivity contribution in [1.82, 2.24) is 9.80 Å². The maximum Gasteiger partial charge on any atom is 0.256 e. The number of rotatable bonds is 3. The molecule has 3 rings (SSSR count). The number of carbonyl (C=O) groups excluding carboxylic acids is 3. The number of piperidine rings is 1. The Morgan fingerprint density at radius 3 is 2.30 bits per heavy atom. The van der Waals surface area contributed by atoms with Gasteiger partial charge >= 0.3 is 0 Å². The van der Waals surface area contributed by atoms with E-state index in [-0.39, 0.29) is 24.0 Å². The van der Waals surface area contributed by atoms with Crippen molar-refractivity contribution < 1.29 is 28.6 Å². The first-order chi connectivity index (χ1) is 12.7. The van der Waals surface area contributed by atoms with Gasteiger partial charge in [0.2, 0.25) is 5.91 Å². The molecule has 2 aliphatic heterocycles. The maximum absolute atomic E-state index is 13.2. The van der Waals surface area contributed by atoms with Crippen molar-refractivity contribution in [3.05, 3.63) is 35.6 Å². The number of hydrogen-bond donors (Lipinski definition) is 0. The van der Waals surface area contributed by atoms with Crippen LogP contribution in [-0.4, -0.2) is 59.0 Å². The molecule has 1 atom stereocenters. The Hall–Kier alpha value is -2.48. The summed E-state index contributed by atoms with van der Waals surface area (Å²) in [6.07, 6.45) is 0.615. The molecule has 0 N–H and O–H groups in total. The van der Waals surface area contributed by atoms with Crippen LogP contribution in [-0.2, 0) is 14.3 Å². The summed E-state index contributed by atoms with van der Waals surface area (Å²) < 4.78 is 19.0. The number of hydrogen-bond acceptors (Lipinski definition) is 5. The highest BCUT2D eigenvalue weighted by molar-refractivity contribution is 5.97. The fraction of sp³-hybridized carbons (Fsp3) is 0.526. The summed E-state index contributed by atoms with van der Waals surface area (Å²) in [5.41, 5.74) is -0.933. The third kappa shape index (κ3) is 3.53. The van der Waals surface area contributed by atoms with E-state index < -0.39 is 29.5 Å². The van der Waals surface area contributed by atoms with Gasteiger partial charge in [-0.3, -0.25) is 14.5 Å². The number of benzene rings is 1. The molecule has 1 aromatic rings. The zero-order chi connectivity index (χ0) is 19.8. The second kappa shape index (κ2) is 7.26. The molecule has 146 valence electrons.